The Kier molecular flexibility index (Phi) is 7.50. The highest BCUT2D eigenvalue weighted by Crippen LogP contribution is 2.14. The van der Waals surface area contributed by atoms with Crippen LogP contribution in [-0.4, -0.2) is 17.5 Å². The van der Waals surface area contributed by atoms with Crippen molar-refractivity contribution in [2.24, 2.45) is 0 Å². The minimum Gasteiger partial charge on any atom is -0.490 e. The zero-order chi connectivity index (χ0) is 17.9. The van der Waals surface area contributed by atoms with Crippen molar-refractivity contribution in [3.63, 3.8) is 0 Å². The average Bonchev–Trinajstić information content (AvgIpc) is 2.63. The van der Waals surface area contributed by atoms with Gasteiger partial charge in [0.2, 0.25) is 0 Å². The van der Waals surface area contributed by atoms with E-state index >= 15 is 0 Å². The Hall–Kier alpha value is -2.82. The number of allylic oxidation sites excluding steroid dienone is 1. The van der Waals surface area contributed by atoms with E-state index in [-0.39, 0.29) is 11.7 Å². The number of nitrogen functional groups attached to an aromatic ring is 1. The Bertz CT molecular complexity index is 714. The maximum absolute atomic E-state index is 12.1. The smallest absolute Gasteiger partial charge is 0.255 e. The lowest BCUT2D eigenvalue weighted by molar-refractivity contribution is 0.0951. The normalized spacial score (nSPS) is 10.8. The third-order valence-corrected chi connectivity index (χ3v) is 3.67. The van der Waals surface area contributed by atoms with E-state index in [0.717, 1.165) is 17.7 Å². The first kappa shape index (κ1) is 18.5. The number of carbonyl (C=O) groups excluding carboxylic acids is 1. The van der Waals surface area contributed by atoms with Gasteiger partial charge in [0.25, 0.3) is 5.91 Å². The van der Waals surface area contributed by atoms with Crippen LogP contribution in [0.25, 0.3) is 0 Å². The second-order valence-corrected chi connectivity index (χ2v) is 5.69. The fraction of sp³-hybridized carbons (Fsp3) is 0.300. The predicted molar refractivity (Wildman–Crippen MR) is 100 cm³/mol. The summed E-state index contributed by atoms with van der Waals surface area (Å²) in [6.45, 7) is 3.12. The number of benzene rings is 1. The number of aromatic nitrogens is 1. The number of hydrogen-bond donors (Lipinski definition) is 2. The molecule has 2 rings (SSSR count). The second kappa shape index (κ2) is 10.1. The minimum atomic E-state index is -0.240. The molecule has 25 heavy (non-hydrogen) atoms. The summed E-state index contributed by atoms with van der Waals surface area (Å²) in [4.78, 5) is 16.1. The van der Waals surface area contributed by atoms with Crippen molar-refractivity contribution in [2.75, 3.05) is 12.3 Å². The van der Waals surface area contributed by atoms with Crippen LogP contribution < -0.4 is 15.8 Å². The molecule has 0 aliphatic carbocycles. The number of anilines is 1. The molecule has 0 bridgehead atoms. The number of nitrogens with one attached hydrogen (secondary N) is 1. The lowest BCUT2D eigenvalue weighted by Gasteiger charge is -2.09. The molecule has 0 radical (unpaired) electrons. The highest BCUT2D eigenvalue weighted by Gasteiger charge is 2.09. The highest BCUT2D eigenvalue weighted by molar-refractivity contribution is 5.98. The molecule has 5 nitrogen and oxygen atoms in total. The van der Waals surface area contributed by atoms with E-state index in [1.165, 1.54) is 12.8 Å². The van der Waals surface area contributed by atoms with Crippen LogP contribution in [0.5, 0.6) is 5.75 Å². The zero-order valence-electron chi connectivity index (χ0n) is 14.6. The van der Waals surface area contributed by atoms with E-state index in [2.05, 4.69) is 23.3 Å². The van der Waals surface area contributed by atoms with Gasteiger partial charge in [-0.05, 0) is 36.2 Å². The van der Waals surface area contributed by atoms with E-state index in [4.69, 9.17) is 10.5 Å². The molecule has 0 unspecified atom stereocenters. The molecular formula is C20H25N3O2. The quantitative estimate of drug-likeness (QED) is 0.539. The van der Waals surface area contributed by atoms with Gasteiger partial charge in [0.15, 0.2) is 0 Å². The molecule has 1 aromatic heterocycles. The number of carbonyl (C=O) groups is 1. The Morgan fingerprint density at radius 2 is 2.16 bits per heavy atom. The topological polar surface area (TPSA) is 77.2 Å². The van der Waals surface area contributed by atoms with Crippen LogP contribution >= 0.6 is 0 Å². The Balaban J connectivity index is 1.84. The van der Waals surface area contributed by atoms with Gasteiger partial charge in [-0.25, -0.2) is 4.98 Å². The summed E-state index contributed by atoms with van der Waals surface area (Å²) in [5.41, 5.74) is 7.06. The van der Waals surface area contributed by atoms with Gasteiger partial charge >= 0.3 is 0 Å². The number of unbranched alkanes of at least 4 members (excludes halogenated alkanes) is 2. The first-order valence-corrected chi connectivity index (χ1v) is 8.56. The minimum absolute atomic E-state index is 0.229. The van der Waals surface area contributed by atoms with Gasteiger partial charge in [-0.2, -0.15) is 0 Å². The highest BCUT2D eigenvalue weighted by atomic mass is 16.5. The number of amides is 1. The average molecular weight is 339 g/mol. The summed E-state index contributed by atoms with van der Waals surface area (Å²) in [5, 5.41) is 2.85. The van der Waals surface area contributed by atoms with Crippen LogP contribution in [0.4, 0.5) is 5.82 Å². The van der Waals surface area contributed by atoms with Gasteiger partial charge in [-0.1, -0.05) is 44.1 Å². The third kappa shape index (κ3) is 6.30. The van der Waals surface area contributed by atoms with Crippen LogP contribution in [-0.2, 0) is 6.54 Å². The van der Waals surface area contributed by atoms with Crippen LogP contribution in [0.1, 0.15) is 42.1 Å². The van der Waals surface area contributed by atoms with Gasteiger partial charge in [0.05, 0.1) is 5.56 Å². The lowest BCUT2D eigenvalue weighted by atomic mass is 10.2. The second-order valence-electron chi connectivity index (χ2n) is 5.69. The fourth-order valence-corrected chi connectivity index (χ4v) is 2.28. The zero-order valence-corrected chi connectivity index (χ0v) is 14.6. The molecule has 5 heteroatoms. The van der Waals surface area contributed by atoms with E-state index in [1.54, 1.807) is 18.3 Å². The fourth-order valence-electron chi connectivity index (χ4n) is 2.28. The van der Waals surface area contributed by atoms with Crippen molar-refractivity contribution in [3.8, 4) is 5.75 Å². The molecule has 1 heterocycles. The Morgan fingerprint density at radius 3 is 2.96 bits per heavy atom. The SMILES string of the molecule is CCCCC=CCOc1cccc(CNC(=O)c2cccnc2N)c1. The molecule has 1 amide bonds. The molecule has 0 saturated heterocycles. The van der Waals surface area contributed by atoms with E-state index in [0.29, 0.717) is 18.7 Å². The molecule has 0 aliphatic heterocycles. The molecule has 0 atom stereocenters. The Morgan fingerprint density at radius 1 is 1.28 bits per heavy atom. The summed E-state index contributed by atoms with van der Waals surface area (Å²) in [7, 11) is 0. The summed E-state index contributed by atoms with van der Waals surface area (Å²) in [6, 6.07) is 11.0. The van der Waals surface area contributed by atoms with Gasteiger partial charge < -0.3 is 15.8 Å². The van der Waals surface area contributed by atoms with Gasteiger partial charge in [0.1, 0.15) is 18.2 Å². The number of rotatable bonds is 9. The number of nitrogens with zero attached hydrogens (tertiary/aromatic N) is 1. The van der Waals surface area contributed by atoms with Crippen molar-refractivity contribution in [2.45, 2.75) is 32.7 Å². The molecule has 1 aromatic carbocycles. The van der Waals surface area contributed by atoms with Crippen molar-refractivity contribution in [1.82, 2.24) is 10.3 Å². The monoisotopic (exact) mass is 339 g/mol. The molecule has 3 N–H and O–H groups in total. The molecule has 0 saturated carbocycles. The maximum atomic E-state index is 12.1. The van der Waals surface area contributed by atoms with Crippen molar-refractivity contribution in [3.05, 3.63) is 65.9 Å². The van der Waals surface area contributed by atoms with E-state index < -0.39 is 0 Å². The summed E-state index contributed by atoms with van der Waals surface area (Å²) in [5.74, 6) is 0.774. The van der Waals surface area contributed by atoms with Crippen molar-refractivity contribution >= 4 is 11.7 Å². The maximum Gasteiger partial charge on any atom is 0.255 e. The Labute approximate surface area is 148 Å². The summed E-state index contributed by atoms with van der Waals surface area (Å²) < 4.78 is 5.71. The number of ether oxygens (including phenoxy) is 1. The van der Waals surface area contributed by atoms with Crippen LogP contribution in [0.3, 0.4) is 0 Å². The predicted octanol–water partition coefficient (Wildman–Crippen LogP) is 3.72. The first-order chi connectivity index (χ1) is 12.2. The molecular weight excluding hydrogens is 314 g/mol. The first-order valence-electron chi connectivity index (χ1n) is 8.56. The van der Waals surface area contributed by atoms with Gasteiger partial charge in [0, 0.05) is 12.7 Å². The van der Waals surface area contributed by atoms with Crippen LogP contribution in [0.15, 0.2) is 54.7 Å². The molecule has 0 fully saturated rings. The lowest BCUT2D eigenvalue weighted by Crippen LogP contribution is -2.24. The van der Waals surface area contributed by atoms with Crippen molar-refractivity contribution < 1.29 is 9.53 Å². The number of hydrogen-bond acceptors (Lipinski definition) is 4. The molecule has 0 aliphatic rings. The standard InChI is InChI=1S/C20H25N3O2/c1-2-3-4-5-6-13-25-17-10-7-9-16(14-17)15-23-20(24)18-11-8-12-22-19(18)21/h5-12,14H,2-4,13,15H2,1H3,(H2,21,22)(H,23,24). The third-order valence-electron chi connectivity index (χ3n) is 3.67. The summed E-state index contributed by atoms with van der Waals surface area (Å²) >= 11 is 0. The van der Waals surface area contributed by atoms with E-state index in [1.807, 2.05) is 30.3 Å². The largest absolute Gasteiger partial charge is 0.490 e. The number of pyridine rings is 1. The van der Waals surface area contributed by atoms with Crippen LogP contribution in [0.2, 0.25) is 0 Å². The van der Waals surface area contributed by atoms with Crippen molar-refractivity contribution in [1.29, 1.82) is 0 Å². The van der Waals surface area contributed by atoms with E-state index in [9.17, 15) is 4.79 Å². The van der Waals surface area contributed by atoms with Gasteiger partial charge in [-0.15, -0.1) is 0 Å². The molecule has 2 aromatic rings. The molecule has 0 spiro atoms. The van der Waals surface area contributed by atoms with Crippen LogP contribution in [0, 0.1) is 0 Å². The molecule has 132 valence electrons. The van der Waals surface area contributed by atoms with Gasteiger partial charge in [-0.3, -0.25) is 4.79 Å². The summed E-state index contributed by atoms with van der Waals surface area (Å²) in [6.07, 6.45) is 9.23. The number of nitrogens with two attached hydrogens (primary N) is 1.